The zero-order valence-corrected chi connectivity index (χ0v) is 13.3. The Balaban J connectivity index is 2.67. The number of ether oxygens (including phenoxy) is 1. The van der Waals surface area contributed by atoms with E-state index in [1.165, 1.54) is 26.3 Å². The van der Waals surface area contributed by atoms with Crippen molar-refractivity contribution in [2.24, 2.45) is 0 Å². The predicted molar refractivity (Wildman–Crippen MR) is 79.5 cm³/mol. The van der Waals surface area contributed by atoms with Gasteiger partial charge in [0.25, 0.3) is 0 Å². The Morgan fingerprint density at radius 2 is 2.05 bits per heavy atom. The Hall–Kier alpha value is -1.30. The monoisotopic (exact) mass is 332 g/mol. The summed E-state index contributed by atoms with van der Waals surface area (Å²) in [6.07, 6.45) is 1.49. The summed E-state index contributed by atoms with van der Waals surface area (Å²) in [5, 5.41) is 15.1. The van der Waals surface area contributed by atoms with Gasteiger partial charge in [0.1, 0.15) is 17.1 Å². The molecule has 0 aliphatic carbocycles. The van der Waals surface area contributed by atoms with Gasteiger partial charge in [0.2, 0.25) is 0 Å². The van der Waals surface area contributed by atoms with Crippen molar-refractivity contribution < 1.29 is 14.2 Å². The Bertz CT molecular complexity index is 650. The third kappa shape index (κ3) is 2.73. The van der Waals surface area contributed by atoms with E-state index in [0.29, 0.717) is 18.0 Å². The molecule has 4 nitrogen and oxygen atoms in total. The molecule has 1 heterocycles. The highest BCUT2D eigenvalue weighted by Crippen LogP contribution is 2.40. The fourth-order valence-corrected chi connectivity index (χ4v) is 2.84. The summed E-state index contributed by atoms with van der Waals surface area (Å²) in [4.78, 5) is 0. The van der Waals surface area contributed by atoms with Crippen LogP contribution in [0.25, 0.3) is 0 Å². The van der Waals surface area contributed by atoms with Gasteiger partial charge in [-0.15, -0.1) is 0 Å². The molecule has 1 unspecified atom stereocenters. The second-order valence-corrected chi connectivity index (χ2v) is 5.51. The Morgan fingerprint density at radius 3 is 2.62 bits per heavy atom. The van der Waals surface area contributed by atoms with Crippen LogP contribution in [0.4, 0.5) is 4.39 Å². The largest absolute Gasteiger partial charge is 0.493 e. The van der Waals surface area contributed by atoms with Crippen LogP contribution < -0.4 is 4.74 Å². The molecule has 0 radical (unpaired) electrons. The van der Waals surface area contributed by atoms with Crippen molar-refractivity contribution in [3.05, 3.63) is 45.4 Å². The molecular formula is C14H15Cl2FN2O2. The molecule has 0 amide bonds. The lowest BCUT2D eigenvalue weighted by Crippen LogP contribution is -2.28. The quantitative estimate of drug-likeness (QED) is 0.870. The summed E-state index contributed by atoms with van der Waals surface area (Å²) in [5.74, 6) is -0.258. The van der Waals surface area contributed by atoms with Crippen LogP contribution in [0, 0.1) is 5.82 Å². The van der Waals surface area contributed by atoms with E-state index < -0.39 is 11.4 Å². The van der Waals surface area contributed by atoms with Crippen molar-refractivity contribution in [2.75, 3.05) is 7.11 Å². The standard InChI is InChI=1S/C14H15Cl2FN2O2/c1-4-19-13(12(21-3)7-18-19)14(2,20)8-5-11(17)10(16)6-9(8)15/h5-7,20H,4H2,1-3H3. The van der Waals surface area contributed by atoms with Crippen LogP contribution in [0.15, 0.2) is 18.3 Å². The number of benzene rings is 1. The number of hydrogen-bond acceptors (Lipinski definition) is 3. The molecule has 0 bridgehead atoms. The van der Waals surface area contributed by atoms with Gasteiger partial charge in [0.15, 0.2) is 5.75 Å². The van der Waals surface area contributed by atoms with Gasteiger partial charge in [-0.1, -0.05) is 23.2 Å². The second-order valence-electron chi connectivity index (χ2n) is 4.70. The third-order valence-corrected chi connectivity index (χ3v) is 3.92. The van der Waals surface area contributed by atoms with Crippen LogP contribution in [-0.4, -0.2) is 22.0 Å². The zero-order valence-electron chi connectivity index (χ0n) is 11.8. The molecule has 1 atom stereocenters. The molecule has 0 saturated heterocycles. The number of hydrogen-bond donors (Lipinski definition) is 1. The van der Waals surface area contributed by atoms with Crippen LogP contribution >= 0.6 is 23.2 Å². The average molecular weight is 333 g/mol. The number of rotatable bonds is 4. The summed E-state index contributed by atoms with van der Waals surface area (Å²) in [5.41, 5.74) is -0.990. The Labute approximate surface area is 132 Å². The SMILES string of the molecule is CCn1ncc(OC)c1C(C)(O)c1cc(F)c(Cl)cc1Cl. The lowest BCUT2D eigenvalue weighted by Gasteiger charge is -2.27. The molecule has 1 aromatic heterocycles. The van der Waals surface area contributed by atoms with Gasteiger partial charge < -0.3 is 9.84 Å². The van der Waals surface area contributed by atoms with Gasteiger partial charge in [-0.3, -0.25) is 4.68 Å². The van der Waals surface area contributed by atoms with E-state index in [2.05, 4.69) is 5.10 Å². The van der Waals surface area contributed by atoms with Crippen molar-refractivity contribution >= 4 is 23.2 Å². The Morgan fingerprint density at radius 1 is 1.38 bits per heavy atom. The first-order valence-corrected chi connectivity index (χ1v) is 7.06. The van der Waals surface area contributed by atoms with Crippen molar-refractivity contribution in [1.82, 2.24) is 9.78 Å². The topological polar surface area (TPSA) is 47.3 Å². The molecule has 1 N–H and O–H groups in total. The van der Waals surface area contributed by atoms with Gasteiger partial charge >= 0.3 is 0 Å². The first-order valence-electron chi connectivity index (χ1n) is 6.30. The van der Waals surface area contributed by atoms with E-state index in [4.69, 9.17) is 27.9 Å². The summed E-state index contributed by atoms with van der Waals surface area (Å²) in [7, 11) is 1.47. The minimum atomic E-state index is -1.58. The van der Waals surface area contributed by atoms with Gasteiger partial charge in [0, 0.05) is 17.1 Å². The maximum atomic E-state index is 13.7. The number of nitrogens with zero attached hydrogens (tertiary/aromatic N) is 2. The lowest BCUT2D eigenvalue weighted by atomic mass is 9.91. The molecule has 0 saturated carbocycles. The molecular weight excluding hydrogens is 318 g/mol. The maximum Gasteiger partial charge on any atom is 0.163 e. The van der Waals surface area contributed by atoms with Crippen LogP contribution in [-0.2, 0) is 12.1 Å². The molecule has 114 valence electrons. The van der Waals surface area contributed by atoms with E-state index in [9.17, 15) is 9.50 Å². The molecule has 2 rings (SSSR count). The molecule has 1 aromatic carbocycles. The number of aryl methyl sites for hydroxylation is 1. The van der Waals surface area contributed by atoms with E-state index in [-0.39, 0.29) is 15.6 Å². The minimum absolute atomic E-state index is 0.101. The van der Waals surface area contributed by atoms with Crippen LogP contribution in [0.1, 0.15) is 25.1 Å². The van der Waals surface area contributed by atoms with Gasteiger partial charge in [-0.05, 0) is 26.0 Å². The number of methoxy groups -OCH3 is 1. The van der Waals surface area contributed by atoms with Gasteiger partial charge in [0.05, 0.1) is 18.3 Å². The van der Waals surface area contributed by atoms with Crippen LogP contribution in [0.2, 0.25) is 10.0 Å². The fourth-order valence-electron chi connectivity index (χ4n) is 2.27. The van der Waals surface area contributed by atoms with Crippen molar-refractivity contribution in [3.63, 3.8) is 0 Å². The summed E-state index contributed by atoms with van der Waals surface area (Å²) < 4.78 is 20.5. The highest BCUT2D eigenvalue weighted by atomic mass is 35.5. The second kappa shape index (κ2) is 5.83. The number of halogens is 3. The average Bonchev–Trinajstić information content (AvgIpc) is 2.86. The van der Waals surface area contributed by atoms with Crippen LogP contribution in [0.5, 0.6) is 5.75 Å². The normalized spacial score (nSPS) is 14.0. The van der Waals surface area contributed by atoms with Gasteiger partial charge in [-0.2, -0.15) is 5.10 Å². The first-order chi connectivity index (χ1) is 9.82. The molecule has 7 heteroatoms. The molecule has 0 fully saturated rings. The smallest absolute Gasteiger partial charge is 0.163 e. The van der Waals surface area contributed by atoms with E-state index in [1.807, 2.05) is 6.92 Å². The predicted octanol–water partition coefficient (Wildman–Crippen LogP) is 3.61. The number of aromatic nitrogens is 2. The molecule has 2 aromatic rings. The summed E-state index contributed by atoms with van der Waals surface area (Å²) in [6, 6.07) is 2.39. The third-order valence-electron chi connectivity index (χ3n) is 3.32. The first kappa shape index (κ1) is 16.1. The van der Waals surface area contributed by atoms with Crippen LogP contribution in [0.3, 0.4) is 0 Å². The van der Waals surface area contributed by atoms with E-state index in [0.717, 1.165) is 6.07 Å². The molecule has 21 heavy (non-hydrogen) atoms. The van der Waals surface area contributed by atoms with Crippen molar-refractivity contribution in [3.8, 4) is 5.75 Å². The maximum absolute atomic E-state index is 13.7. The van der Waals surface area contributed by atoms with E-state index >= 15 is 0 Å². The molecule has 0 aliphatic rings. The fraction of sp³-hybridized carbons (Fsp3) is 0.357. The summed E-state index contributed by atoms with van der Waals surface area (Å²) in [6.45, 7) is 3.89. The van der Waals surface area contributed by atoms with Gasteiger partial charge in [-0.25, -0.2) is 4.39 Å². The molecule has 0 aliphatic heterocycles. The van der Waals surface area contributed by atoms with E-state index in [1.54, 1.807) is 4.68 Å². The highest BCUT2D eigenvalue weighted by molar-refractivity contribution is 6.35. The summed E-state index contributed by atoms with van der Waals surface area (Å²) >= 11 is 11.8. The molecule has 0 spiro atoms. The highest BCUT2D eigenvalue weighted by Gasteiger charge is 2.35. The zero-order chi connectivity index (χ0) is 15.8. The number of aliphatic hydroxyl groups is 1. The van der Waals surface area contributed by atoms with Crippen molar-refractivity contribution in [1.29, 1.82) is 0 Å². The Kier molecular flexibility index (Phi) is 4.46. The minimum Gasteiger partial charge on any atom is -0.493 e. The van der Waals surface area contributed by atoms with Crippen molar-refractivity contribution in [2.45, 2.75) is 26.0 Å². The lowest BCUT2D eigenvalue weighted by molar-refractivity contribution is 0.0883.